The molecule has 1 aliphatic heterocycles. The Balaban J connectivity index is 1.34. The van der Waals surface area contributed by atoms with Crippen LogP contribution in [0.5, 0.6) is 23.0 Å². The van der Waals surface area contributed by atoms with Gasteiger partial charge in [0.05, 0.1) is 13.2 Å². The van der Waals surface area contributed by atoms with Crippen LogP contribution in [0.4, 0.5) is 4.79 Å². The molecule has 26 heavy (non-hydrogen) atoms. The lowest BCUT2D eigenvalue weighted by Crippen LogP contribution is -2.45. The van der Waals surface area contributed by atoms with Crippen LogP contribution in [0.25, 0.3) is 0 Å². The molecule has 2 aromatic rings. The van der Waals surface area contributed by atoms with E-state index in [0.29, 0.717) is 31.3 Å². The van der Waals surface area contributed by atoms with Gasteiger partial charge >= 0.3 is 6.03 Å². The van der Waals surface area contributed by atoms with Crippen molar-refractivity contribution >= 4 is 6.03 Å². The number of rotatable bonds is 7. The van der Waals surface area contributed by atoms with Crippen LogP contribution in [0.15, 0.2) is 48.5 Å². The number of benzene rings is 2. The summed E-state index contributed by atoms with van der Waals surface area (Å²) in [5, 5.41) is 5.37. The second-order valence-corrected chi connectivity index (χ2v) is 5.58. The molecule has 0 aromatic heterocycles. The average molecular weight is 358 g/mol. The molecule has 1 heterocycles. The van der Waals surface area contributed by atoms with Crippen molar-refractivity contribution in [2.24, 2.45) is 0 Å². The Kier molecular flexibility index (Phi) is 6.03. The van der Waals surface area contributed by atoms with Crippen LogP contribution in [0, 0.1) is 0 Å². The van der Waals surface area contributed by atoms with Crippen LogP contribution < -0.4 is 29.6 Å². The van der Waals surface area contributed by atoms with Crippen molar-refractivity contribution in [3.8, 4) is 23.0 Å². The number of fused-ring (bicyclic) bond motifs is 1. The van der Waals surface area contributed by atoms with Crippen molar-refractivity contribution in [3.05, 3.63) is 48.5 Å². The number of ether oxygens (including phenoxy) is 4. The summed E-state index contributed by atoms with van der Waals surface area (Å²) in [6.45, 7) is 3.33. The lowest BCUT2D eigenvalue weighted by atomic mass is 10.2. The molecule has 1 unspecified atom stereocenters. The third-order valence-corrected chi connectivity index (χ3v) is 3.66. The average Bonchev–Trinajstić information content (AvgIpc) is 2.68. The Morgan fingerprint density at radius 2 is 1.73 bits per heavy atom. The first-order valence-electron chi connectivity index (χ1n) is 8.50. The lowest BCUT2D eigenvalue weighted by Gasteiger charge is -2.26. The molecule has 7 nitrogen and oxygen atoms in total. The first kappa shape index (κ1) is 17.7. The number of para-hydroxylation sites is 2. The molecule has 0 spiro atoms. The van der Waals surface area contributed by atoms with Crippen molar-refractivity contribution < 1.29 is 23.7 Å². The molecule has 2 amide bonds. The highest BCUT2D eigenvalue weighted by molar-refractivity contribution is 5.73. The number of hydrogen-bond acceptors (Lipinski definition) is 5. The highest BCUT2D eigenvalue weighted by atomic mass is 16.6. The maximum atomic E-state index is 11.8. The third-order valence-electron chi connectivity index (χ3n) is 3.66. The van der Waals surface area contributed by atoms with Crippen LogP contribution in [0.1, 0.15) is 6.92 Å². The topological polar surface area (TPSA) is 78.1 Å². The first-order valence-corrected chi connectivity index (χ1v) is 8.50. The monoisotopic (exact) mass is 358 g/mol. The Hall–Kier alpha value is -3.09. The van der Waals surface area contributed by atoms with Gasteiger partial charge in [0.15, 0.2) is 24.3 Å². The molecule has 1 atom stereocenters. The molecule has 1 aliphatic rings. The summed E-state index contributed by atoms with van der Waals surface area (Å²) in [5.74, 6) is 2.83. The molecule has 0 saturated heterocycles. The highest BCUT2D eigenvalue weighted by Crippen LogP contribution is 2.30. The number of urea groups is 1. The Morgan fingerprint density at radius 1 is 1.04 bits per heavy atom. The standard InChI is InChI=1S/C19H22N2O5/c1-2-23-14-7-9-15(10-8-14)25-13-21-19(22)20-11-16-12-24-17-5-3-4-6-18(17)26-16/h3-10,16H,2,11-13H2,1H3,(H2,20,21,22). The third kappa shape index (κ3) is 4.95. The Bertz CT molecular complexity index is 720. The van der Waals surface area contributed by atoms with Crippen LogP contribution in [-0.4, -0.2) is 38.6 Å². The van der Waals surface area contributed by atoms with E-state index >= 15 is 0 Å². The smallest absolute Gasteiger partial charge is 0.317 e. The molecule has 7 heteroatoms. The fourth-order valence-electron chi connectivity index (χ4n) is 2.42. The molecule has 2 aromatic carbocycles. The predicted molar refractivity (Wildman–Crippen MR) is 96.0 cm³/mol. The summed E-state index contributed by atoms with van der Waals surface area (Å²) in [4.78, 5) is 11.8. The number of carbonyl (C=O) groups is 1. The molecule has 3 rings (SSSR count). The molecule has 0 radical (unpaired) electrons. The predicted octanol–water partition coefficient (Wildman–Crippen LogP) is 2.56. The van der Waals surface area contributed by atoms with Crippen LogP contribution in [0.2, 0.25) is 0 Å². The van der Waals surface area contributed by atoms with E-state index < -0.39 is 0 Å². The summed E-state index contributed by atoms with van der Waals surface area (Å²) in [5.41, 5.74) is 0. The quantitative estimate of drug-likeness (QED) is 0.744. The van der Waals surface area contributed by atoms with Crippen LogP contribution in [0.3, 0.4) is 0 Å². The van der Waals surface area contributed by atoms with Gasteiger partial charge in [-0.2, -0.15) is 0 Å². The van der Waals surface area contributed by atoms with E-state index in [4.69, 9.17) is 18.9 Å². The number of hydrogen-bond donors (Lipinski definition) is 2. The molecule has 2 N–H and O–H groups in total. The summed E-state index contributed by atoms with van der Waals surface area (Å²) < 4.78 is 22.2. The zero-order valence-electron chi connectivity index (χ0n) is 14.6. The van der Waals surface area contributed by atoms with Gasteiger partial charge < -0.3 is 29.6 Å². The minimum Gasteiger partial charge on any atom is -0.494 e. The minimum atomic E-state index is -0.335. The molecular weight excluding hydrogens is 336 g/mol. The van der Waals surface area contributed by atoms with Gasteiger partial charge in [-0.3, -0.25) is 0 Å². The zero-order chi connectivity index (χ0) is 18.2. The van der Waals surface area contributed by atoms with Crippen molar-refractivity contribution in [1.82, 2.24) is 10.6 Å². The van der Waals surface area contributed by atoms with E-state index in [0.717, 1.165) is 11.5 Å². The molecule has 0 bridgehead atoms. The normalized spacial score (nSPS) is 15.0. The minimum absolute atomic E-state index is 0.0602. The van der Waals surface area contributed by atoms with Crippen molar-refractivity contribution in [2.45, 2.75) is 13.0 Å². The fraction of sp³-hybridized carbons (Fsp3) is 0.316. The fourth-order valence-corrected chi connectivity index (χ4v) is 2.42. The molecule has 0 fully saturated rings. The van der Waals surface area contributed by atoms with Gasteiger partial charge in [-0.05, 0) is 43.3 Å². The Labute approximate surface area is 152 Å². The van der Waals surface area contributed by atoms with E-state index in [1.807, 2.05) is 43.3 Å². The maximum Gasteiger partial charge on any atom is 0.317 e. The van der Waals surface area contributed by atoms with Gasteiger partial charge in [-0.25, -0.2) is 4.79 Å². The van der Waals surface area contributed by atoms with Crippen molar-refractivity contribution in [1.29, 1.82) is 0 Å². The maximum absolute atomic E-state index is 11.8. The van der Waals surface area contributed by atoms with Crippen molar-refractivity contribution in [3.63, 3.8) is 0 Å². The molecular formula is C19H22N2O5. The SMILES string of the molecule is CCOc1ccc(OCNC(=O)NCC2COc3ccccc3O2)cc1. The zero-order valence-corrected chi connectivity index (χ0v) is 14.6. The van der Waals surface area contributed by atoms with Gasteiger partial charge in [-0.15, -0.1) is 0 Å². The van der Waals surface area contributed by atoms with Crippen LogP contribution >= 0.6 is 0 Å². The molecule has 0 saturated carbocycles. The van der Waals surface area contributed by atoms with E-state index in [1.165, 1.54) is 0 Å². The Morgan fingerprint density at radius 3 is 2.46 bits per heavy atom. The number of amides is 2. The first-order chi connectivity index (χ1) is 12.7. The van der Waals surface area contributed by atoms with Gasteiger partial charge in [0.2, 0.25) is 0 Å². The van der Waals surface area contributed by atoms with Crippen LogP contribution in [-0.2, 0) is 0 Å². The van der Waals surface area contributed by atoms with E-state index in [2.05, 4.69) is 10.6 Å². The summed E-state index contributed by atoms with van der Waals surface area (Å²) in [6, 6.07) is 14.3. The van der Waals surface area contributed by atoms with Gasteiger partial charge in [0, 0.05) is 0 Å². The summed E-state index contributed by atoms with van der Waals surface area (Å²) in [7, 11) is 0. The molecule has 0 aliphatic carbocycles. The largest absolute Gasteiger partial charge is 0.494 e. The summed E-state index contributed by atoms with van der Waals surface area (Å²) in [6.07, 6.45) is -0.234. The van der Waals surface area contributed by atoms with Crippen molar-refractivity contribution in [2.75, 3.05) is 26.5 Å². The van der Waals surface area contributed by atoms with Gasteiger partial charge in [0.25, 0.3) is 0 Å². The number of carbonyl (C=O) groups excluding carboxylic acids is 1. The highest BCUT2D eigenvalue weighted by Gasteiger charge is 2.20. The van der Waals surface area contributed by atoms with E-state index in [-0.39, 0.29) is 18.9 Å². The van der Waals surface area contributed by atoms with E-state index in [1.54, 1.807) is 12.1 Å². The second kappa shape index (κ2) is 8.84. The van der Waals surface area contributed by atoms with E-state index in [9.17, 15) is 4.79 Å². The number of nitrogens with one attached hydrogen (secondary N) is 2. The second-order valence-electron chi connectivity index (χ2n) is 5.58. The lowest BCUT2D eigenvalue weighted by molar-refractivity contribution is 0.0915. The summed E-state index contributed by atoms with van der Waals surface area (Å²) >= 11 is 0. The van der Waals surface area contributed by atoms with Gasteiger partial charge in [-0.1, -0.05) is 12.1 Å². The molecule has 138 valence electrons. The van der Waals surface area contributed by atoms with Gasteiger partial charge in [0.1, 0.15) is 18.1 Å².